The van der Waals surface area contributed by atoms with Gasteiger partial charge in [-0.15, -0.1) is 0 Å². The van der Waals surface area contributed by atoms with E-state index in [0.29, 0.717) is 18.1 Å². The van der Waals surface area contributed by atoms with E-state index >= 15 is 0 Å². The summed E-state index contributed by atoms with van der Waals surface area (Å²) in [6.07, 6.45) is 17.0. The van der Waals surface area contributed by atoms with Gasteiger partial charge >= 0.3 is 17.9 Å². The van der Waals surface area contributed by atoms with Crippen LogP contribution in [0.25, 0.3) is 0 Å². The number of unbranched alkanes of at least 4 members (excludes halogenated alkanes) is 12. The molecule has 0 aliphatic carbocycles. The Bertz CT molecular complexity index is 794. The van der Waals surface area contributed by atoms with Gasteiger partial charge in [-0.1, -0.05) is 110 Å². The predicted octanol–water partition coefficient (Wildman–Crippen LogP) is 6.39. The molecule has 0 aliphatic heterocycles. The van der Waals surface area contributed by atoms with E-state index in [1.54, 1.807) is 24.3 Å². The Labute approximate surface area is 230 Å². The van der Waals surface area contributed by atoms with Gasteiger partial charge in [0.05, 0.1) is 0 Å². The molecule has 0 unspecified atom stereocenters. The molecule has 0 saturated carbocycles. The SMILES string of the molecule is CCCCCCCCCCCCCCCC(=O)OC(=O)[C@@H](N)Cc1ccc(OC(=O)[C@@H](N)CC(C)C)cc1. The Hall–Kier alpha value is -2.25. The zero-order valence-electron chi connectivity index (χ0n) is 24.1. The molecule has 4 N–H and O–H groups in total. The highest BCUT2D eigenvalue weighted by molar-refractivity contribution is 5.88. The number of benzene rings is 1. The second kappa shape index (κ2) is 20.7. The number of esters is 3. The molecule has 0 heterocycles. The maximum atomic E-state index is 12.2. The molecule has 0 aromatic heterocycles. The largest absolute Gasteiger partial charge is 0.425 e. The van der Waals surface area contributed by atoms with Gasteiger partial charge in [-0.05, 0) is 42.9 Å². The van der Waals surface area contributed by atoms with Crippen molar-refractivity contribution in [3.63, 3.8) is 0 Å². The molecule has 7 heteroatoms. The molecule has 2 atom stereocenters. The molecule has 1 aromatic rings. The summed E-state index contributed by atoms with van der Waals surface area (Å²) in [4.78, 5) is 36.3. The molecular formula is C31H52N2O5. The normalized spacial score (nSPS) is 12.8. The summed E-state index contributed by atoms with van der Waals surface area (Å²) in [5.74, 6) is -1.05. The van der Waals surface area contributed by atoms with Gasteiger partial charge in [0.15, 0.2) is 0 Å². The van der Waals surface area contributed by atoms with Crippen LogP contribution in [0.5, 0.6) is 5.75 Å². The van der Waals surface area contributed by atoms with Gasteiger partial charge in [-0.25, -0.2) is 9.59 Å². The van der Waals surface area contributed by atoms with Crippen LogP contribution in [0.2, 0.25) is 0 Å². The lowest BCUT2D eigenvalue weighted by molar-refractivity contribution is -0.160. The average molecular weight is 533 g/mol. The summed E-state index contributed by atoms with van der Waals surface area (Å²) in [5.41, 5.74) is 12.6. The third kappa shape index (κ3) is 16.6. The molecule has 1 aromatic carbocycles. The molecule has 1 rings (SSSR count). The summed E-state index contributed by atoms with van der Waals surface area (Å²) in [6, 6.07) is 5.09. The molecular weight excluding hydrogens is 480 g/mol. The molecule has 38 heavy (non-hydrogen) atoms. The van der Waals surface area contributed by atoms with Crippen LogP contribution in [0.3, 0.4) is 0 Å². The maximum Gasteiger partial charge on any atom is 0.330 e. The second-order valence-corrected chi connectivity index (χ2v) is 10.9. The van der Waals surface area contributed by atoms with E-state index in [1.165, 1.54) is 64.2 Å². The van der Waals surface area contributed by atoms with Gasteiger partial charge in [0.2, 0.25) is 0 Å². The molecule has 0 bridgehead atoms. The highest BCUT2D eigenvalue weighted by Crippen LogP contribution is 2.16. The van der Waals surface area contributed by atoms with Gasteiger partial charge in [-0.2, -0.15) is 0 Å². The van der Waals surface area contributed by atoms with Crippen molar-refractivity contribution in [3.8, 4) is 5.75 Å². The lowest BCUT2D eigenvalue weighted by Gasteiger charge is -2.14. The molecule has 216 valence electrons. The molecule has 0 aliphatic rings. The highest BCUT2D eigenvalue weighted by Gasteiger charge is 2.20. The molecule has 0 fully saturated rings. The maximum absolute atomic E-state index is 12.2. The van der Waals surface area contributed by atoms with Crippen LogP contribution >= 0.6 is 0 Å². The lowest BCUT2D eigenvalue weighted by Crippen LogP contribution is -2.36. The number of nitrogens with two attached hydrogens (primary N) is 2. The topological polar surface area (TPSA) is 122 Å². The van der Waals surface area contributed by atoms with Crippen molar-refractivity contribution in [1.29, 1.82) is 0 Å². The van der Waals surface area contributed by atoms with Gasteiger partial charge in [-0.3, -0.25) is 4.79 Å². The van der Waals surface area contributed by atoms with E-state index in [0.717, 1.165) is 24.8 Å². The minimum absolute atomic E-state index is 0.214. The molecule has 0 spiro atoms. The second-order valence-electron chi connectivity index (χ2n) is 10.9. The number of hydrogen-bond donors (Lipinski definition) is 2. The Balaban J connectivity index is 2.16. The number of ether oxygens (including phenoxy) is 2. The first-order chi connectivity index (χ1) is 18.2. The van der Waals surface area contributed by atoms with Crippen molar-refractivity contribution in [2.45, 2.75) is 136 Å². The first-order valence-electron chi connectivity index (χ1n) is 14.8. The summed E-state index contributed by atoms with van der Waals surface area (Å²) in [6.45, 7) is 6.23. The van der Waals surface area contributed by atoms with Crippen LogP contribution in [-0.2, 0) is 25.5 Å². The number of rotatable bonds is 21. The van der Waals surface area contributed by atoms with Gasteiger partial charge in [0.1, 0.15) is 17.8 Å². The van der Waals surface area contributed by atoms with Crippen molar-refractivity contribution in [1.82, 2.24) is 0 Å². The van der Waals surface area contributed by atoms with Crippen LogP contribution in [0, 0.1) is 5.92 Å². The summed E-state index contributed by atoms with van der Waals surface area (Å²) < 4.78 is 10.2. The van der Waals surface area contributed by atoms with Gasteiger partial charge in [0.25, 0.3) is 0 Å². The molecule has 0 saturated heterocycles. The summed E-state index contributed by atoms with van der Waals surface area (Å²) in [7, 11) is 0. The zero-order valence-corrected chi connectivity index (χ0v) is 24.1. The number of carbonyl (C=O) groups is 3. The van der Waals surface area contributed by atoms with Crippen LogP contribution in [0.4, 0.5) is 0 Å². The number of carbonyl (C=O) groups excluding carboxylic acids is 3. The molecule has 7 nitrogen and oxygen atoms in total. The van der Waals surface area contributed by atoms with E-state index in [4.69, 9.17) is 20.9 Å². The summed E-state index contributed by atoms with van der Waals surface area (Å²) in [5, 5.41) is 0. The van der Waals surface area contributed by atoms with Crippen molar-refractivity contribution in [2.75, 3.05) is 0 Å². The molecule has 0 amide bonds. The fraction of sp³-hybridized carbons (Fsp3) is 0.710. The van der Waals surface area contributed by atoms with Gasteiger partial charge < -0.3 is 20.9 Å². The fourth-order valence-corrected chi connectivity index (χ4v) is 4.35. The van der Waals surface area contributed by atoms with Crippen LogP contribution in [0.15, 0.2) is 24.3 Å². The van der Waals surface area contributed by atoms with E-state index in [2.05, 4.69) is 6.92 Å². The smallest absolute Gasteiger partial charge is 0.330 e. The van der Waals surface area contributed by atoms with Crippen molar-refractivity contribution in [3.05, 3.63) is 29.8 Å². The van der Waals surface area contributed by atoms with Crippen LogP contribution < -0.4 is 16.2 Å². The van der Waals surface area contributed by atoms with E-state index in [9.17, 15) is 14.4 Å². The first-order valence-corrected chi connectivity index (χ1v) is 14.8. The number of hydrogen-bond acceptors (Lipinski definition) is 7. The van der Waals surface area contributed by atoms with Gasteiger partial charge in [0, 0.05) is 6.42 Å². The average Bonchev–Trinajstić information content (AvgIpc) is 2.87. The van der Waals surface area contributed by atoms with Crippen LogP contribution in [-0.4, -0.2) is 30.0 Å². The van der Waals surface area contributed by atoms with Crippen molar-refractivity contribution < 1.29 is 23.9 Å². The zero-order chi connectivity index (χ0) is 28.2. The Kier molecular flexibility index (Phi) is 18.4. The highest BCUT2D eigenvalue weighted by atomic mass is 16.6. The minimum atomic E-state index is -0.946. The molecule has 0 radical (unpaired) electrons. The first kappa shape index (κ1) is 33.8. The van der Waals surface area contributed by atoms with Crippen molar-refractivity contribution in [2.24, 2.45) is 17.4 Å². The Morgan fingerprint density at radius 2 is 1.21 bits per heavy atom. The third-order valence-corrected chi connectivity index (χ3v) is 6.63. The Morgan fingerprint density at radius 1 is 0.711 bits per heavy atom. The third-order valence-electron chi connectivity index (χ3n) is 6.63. The fourth-order valence-electron chi connectivity index (χ4n) is 4.35. The predicted molar refractivity (Wildman–Crippen MR) is 153 cm³/mol. The van der Waals surface area contributed by atoms with Crippen LogP contribution in [0.1, 0.15) is 123 Å². The quantitative estimate of drug-likeness (QED) is 0.0814. The Morgan fingerprint density at radius 3 is 1.71 bits per heavy atom. The standard InChI is InChI=1S/C31H52N2O5/c1-4-5-6-7-8-9-10-11-12-13-14-15-16-17-29(34)38-31(36)28(33)23-25-18-20-26(21-19-25)37-30(35)27(32)22-24(2)3/h18-21,24,27-28H,4-17,22-23,32-33H2,1-3H3/t27-,28-/m0/s1. The van der Waals surface area contributed by atoms with E-state index in [1.807, 2.05) is 13.8 Å². The minimum Gasteiger partial charge on any atom is -0.425 e. The monoisotopic (exact) mass is 532 g/mol. The lowest BCUT2D eigenvalue weighted by atomic mass is 10.0. The summed E-state index contributed by atoms with van der Waals surface area (Å²) >= 11 is 0. The van der Waals surface area contributed by atoms with E-state index < -0.39 is 30.0 Å². The van der Waals surface area contributed by atoms with E-state index in [-0.39, 0.29) is 12.8 Å². The van der Waals surface area contributed by atoms with Crippen molar-refractivity contribution >= 4 is 17.9 Å².